The van der Waals surface area contributed by atoms with Crippen molar-refractivity contribution in [1.29, 1.82) is 0 Å². The van der Waals surface area contributed by atoms with E-state index < -0.39 is 0 Å². The number of nitrogens with zero attached hydrogens (tertiary/aromatic N) is 3. The number of halogens is 1. The summed E-state index contributed by atoms with van der Waals surface area (Å²) in [6, 6.07) is 2.33. The zero-order valence-corrected chi connectivity index (χ0v) is 13.8. The number of carbonyl (C=O) groups is 1. The molecule has 1 amide bonds. The van der Waals surface area contributed by atoms with Crippen LogP contribution >= 0.6 is 27.3 Å². The maximum atomic E-state index is 12.1. The minimum Gasteiger partial charge on any atom is -0.365 e. The molecule has 3 heterocycles. The molecule has 110 valence electrons. The summed E-state index contributed by atoms with van der Waals surface area (Å²) in [7, 11) is 0. The highest BCUT2D eigenvalue weighted by Crippen LogP contribution is 2.34. The summed E-state index contributed by atoms with van der Waals surface area (Å²) in [6.45, 7) is 1.64. The first-order chi connectivity index (χ1) is 10.2. The van der Waals surface area contributed by atoms with E-state index in [1.54, 1.807) is 17.7 Å². The third-order valence-electron chi connectivity index (χ3n) is 4.07. The van der Waals surface area contributed by atoms with Gasteiger partial charge in [-0.3, -0.25) is 4.79 Å². The Morgan fingerprint density at radius 3 is 3.05 bits per heavy atom. The van der Waals surface area contributed by atoms with Crippen molar-refractivity contribution in [2.24, 2.45) is 5.92 Å². The molecule has 0 radical (unpaired) electrons. The number of rotatable bonds is 3. The first-order valence-corrected chi connectivity index (χ1v) is 8.77. The smallest absolute Gasteiger partial charge is 0.225 e. The monoisotopic (exact) mass is 366 g/mol. The highest BCUT2D eigenvalue weighted by atomic mass is 79.9. The molecule has 2 aromatic rings. The molecule has 0 spiro atoms. The molecule has 2 aliphatic rings. The number of likely N-dealkylation sites (tertiary alicyclic amines) is 1. The van der Waals surface area contributed by atoms with Gasteiger partial charge in [-0.25, -0.2) is 9.97 Å². The van der Waals surface area contributed by atoms with Crippen LogP contribution in [0, 0.1) is 5.92 Å². The number of nitrogens with one attached hydrogen (secondary N) is 1. The lowest BCUT2D eigenvalue weighted by molar-refractivity contribution is -0.131. The third-order valence-corrected chi connectivity index (χ3v) is 5.61. The molecule has 2 fully saturated rings. The highest BCUT2D eigenvalue weighted by Gasteiger charge is 2.36. The van der Waals surface area contributed by atoms with Gasteiger partial charge in [-0.2, -0.15) is 0 Å². The van der Waals surface area contributed by atoms with E-state index in [4.69, 9.17) is 0 Å². The minimum absolute atomic E-state index is 0.282. The summed E-state index contributed by atoms with van der Waals surface area (Å²) in [6.07, 6.45) is 4.72. The lowest BCUT2D eigenvalue weighted by atomic mass is 10.2. The number of hydrogen-bond donors (Lipinski definition) is 1. The Kier molecular flexibility index (Phi) is 3.34. The first kappa shape index (κ1) is 13.5. The van der Waals surface area contributed by atoms with E-state index in [1.165, 1.54) is 0 Å². The largest absolute Gasteiger partial charge is 0.365 e. The SMILES string of the molecule is O=C(C1CC1)N1CC[C@H](Nc2ncnc3sc(Br)cc23)C1. The fraction of sp³-hybridized carbons (Fsp3) is 0.500. The zero-order valence-electron chi connectivity index (χ0n) is 11.4. The summed E-state index contributed by atoms with van der Waals surface area (Å²) >= 11 is 5.10. The van der Waals surface area contributed by atoms with Crippen LogP contribution in [0.25, 0.3) is 10.2 Å². The van der Waals surface area contributed by atoms with Crippen LogP contribution in [-0.2, 0) is 4.79 Å². The number of anilines is 1. The number of fused-ring (bicyclic) bond motifs is 1. The molecule has 21 heavy (non-hydrogen) atoms. The molecule has 1 atom stereocenters. The Balaban J connectivity index is 1.49. The molecule has 0 unspecified atom stereocenters. The molecular weight excluding hydrogens is 352 g/mol. The Labute approximate surface area is 134 Å². The van der Waals surface area contributed by atoms with Crippen molar-refractivity contribution in [2.45, 2.75) is 25.3 Å². The molecule has 4 rings (SSSR count). The summed E-state index contributed by atoms with van der Waals surface area (Å²) < 4.78 is 1.05. The van der Waals surface area contributed by atoms with Gasteiger partial charge in [-0.1, -0.05) is 0 Å². The van der Waals surface area contributed by atoms with Gasteiger partial charge < -0.3 is 10.2 Å². The van der Waals surface area contributed by atoms with Gasteiger partial charge in [-0.05, 0) is 41.3 Å². The first-order valence-electron chi connectivity index (χ1n) is 7.16. The van der Waals surface area contributed by atoms with Crippen LogP contribution in [0.2, 0.25) is 0 Å². The van der Waals surface area contributed by atoms with Crippen LogP contribution in [0.1, 0.15) is 19.3 Å². The number of aromatic nitrogens is 2. The van der Waals surface area contributed by atoms with Gasteiger partial charge >= 0.3 is 0 Å². The van der Waals surface area contributed by atoms with Crippen molar-refractivity contribution in [3.8, 4) is 0 Å². The van der Waals surface area contributed by atoms with Crippen molar-refractivity contribution < 1.29 is 4.79 Å². The molecule has 1 N–H and O–H groups in total. The standard InChI is InChI=1S/C14H15BrN4OS/c15-11-5-10-12(16-7-17-13(10)21-11)18-9-3-4-19(6-9)14(20)8-1-2-8/h5,7-9H,1-4,6H2,(H,16,17,18)/t9-/m0/s1. The van der Waals surface area contributed by atoms with Gasteiger partial charge in [0, 0.05) is 25.0 Å². The average molecular weight is 367 g/mol. The summed E-state index contributed by atoms with van der Waals surface area (Å²) in [5.41, 5.74) is 0. The lowest BCUT2D eigenvalue weighted by Gasteiger charge is -2.17. The van der Waals surface area contributed by atoms with Gasteiger partial charge in [0.2, 0.25) is 5.91 Å². The summed E-state index contributed by atoms with van der Waals surface area (Å²) in [5.74, 6) is 1.51. The van der Waals surface area contributed by atoms with Crippen LogP contribution in [-0.4, -0.2) is 39.9 Å². The topological polar surface area (TPSA) is 58.1 Å². The minimum atomic E-state index is 0.282. The second-order valence-corrected chi connectivity index (χ2v) is 8.09. The average Bonchev–Trinajstić information content (AvgIpc) is 3.09. The molecule has 1 aliphatic carbocycles. The molecule has 5 nitrogen and oxygen atoms in total. The Morgan fingerprint density at radius 1 is 1.38 bits per heavy atom. The van der Waals surface area contributed by atoms with Crippen molar-refractivity contribution in [3.05, 3.63) is 16.2 Å². The predicted octanol–water partition coefficient (Wildman–Crippen LogP) is 2.88. The normalized spacial score (nSPS) is 22.0. The van der Waals surface area contributed by atoms with Crippen LogP contribution < -0.4 is 5.32 Å². The van der Waals surface area contributed by atoms with Crippen LogP contribution in [0.15, 0.2) is 16.2 Å². The van der Waals surface area contributed by atoms with Crippen molar-refractivity contribution in [2.75, 3.05) is 18.4 Å². The second-order valence-electron chi connectivity index (χ2n) is 5.68. The number of carbonyl (C=O) groups excluding carboxylic acids is 1. The second kappa shape index (κ2) is 5.21. The number of hydrogen-bond acceptors (Lipinski definition) is 5. The van der Waals surface area contributed by atoms with E-state index in [-0.39, 0.29) is 6.04 Å². The molecule has 7 heteroatoms. The quantitative estimate of drug-likeness (QED) is 0.907. The summed E-state index contributed by atoms with van der Waals surface area (Å²) in [5, 5.41) is 4.53. The van der Waals surface area contributed by atoms with E-state index in [1.807, 2.05) is 11.0 Å². The molecule has 0 bridgehead atoms. The van der Waals surface area contributed by atoms with Crippen LogP contribution in [0.5, 0.6) is 0 Å². The fourth-order valence-corrected chi connectivity index (χ4v) is 4.22. The van der Waals surface area contributed by atoms with E-state index >= 15 is 0 Å². The van der Waals surface area contributed by atoms with Gasteiger partial charge in [0.1, 0.15) is 17.0 Å². The van der Waals surface area contributed by atoms with E-state index in [2.05, 4.69) is 31.2 Å². The predicted molar refractivity (Wildman–Crippen MR) is 86.4 cm³/mol. The fourth-order valence-electron chi connectivity index (χ4n) is 2.80. The Hall–Kier alpha value is -1.21. The highest BCUT2D eigenvalue weighted by molar-refractivity contribution is 9.11. The van der Waals surface area contributed by atoms with Gasteiger partial charge in [0.15, 0.2) is 0 Å². The molecular formula is C14H15BrN4OS. The zero-order chi connectivity index (χ0) is 14.4. The van der Waals surface area contributed by atoms with Gasteiger partial charge in [0.05, 0.1) is 9.17 Å². The molecule has 2 aromatic heterocycles. The Bertz CT molecular complexity index is 699. The van der Waals surface area contributed by atoms with Crippen LogP contribution in [0.3, 0.4) is 0 Å². The molecule has 1 saturated heterocycles. The van der Waals surface area contributed by atoms with E-state index in [0.717, 1.165) is 52.2 Å². The summed E-state index contributed by atoms with van der Waals surface area (Å²) in [4.78, 5) is 23.7. The van der Waals surface area contributed by atoms with Crippen molar-refractivity contribution in [3.63, 3.8) is 0 Å². The third kappa shape index (κ3) is 2.64. The lowest BCUT2D eigenvalue weighted by Crippen LogP contribution is -2.32. The number of thiophene rings is 1. The molecule has 0 aromatic carbocycles. The molecule has 1 aliphatic heterocycles. The van der Waals surface area contributed by atoms with Crippen LogP contribution in [0.4, 0.5) is 5.82 Å². The number of amides is 1. The van der Waals surface area contributed by atoms with E-state index in [0.29, 0.717) is 11.8 Å². The van der Waals surface area contributed by atoms with Gasteiger partial charge in [-0.15, -0.1) is 11.3 Å². The van der Waals surface area contributed by atoms with Crippen molar-refractivity contribution >= 4 is 49.2 Å². The van der Waals surface area contributed by atoms with Crippen molar-refractivity contribution in [1.82, 2.24) is 14.9 Å². The molecule has 1 saturated carbocycles. The van der Waals surface area contributed by atoms with E-state index in [9.17, 15) is 4.79 Å². The Morgan fingerprint density at radius 2 is 2.24 bits per heavy atom. The maximum Gasteiger partial charge on any atom is 0.225 e. The van der Waals surface area contributed by atoms with Gasteiger partial charge in [0.25, 0.3) is 0 Å². The maximum absolute atomic E-state index is 12.1.